The summed E-state index contributed by atoms with van der Waals surface area (Å²) in [7, 11) is 0. The number of hydrogen-bond acceptors (Lipinski definition) is 4. The Morgan fingerprint density at radius 3 is 2.68 bits per heavy atom. The van der Waals surface area contributed by atoms with Crippen molar-refractivity contribution >= 4 is 12.0 Å². The highest BCUT2D eigenvalue weighted by atomic mass is 19.1. The van der Waals surface area contributed by atoms with Crippen LogP contribution in [0.4, 0.5) is 9.18 Å². The van der Waals surface area contributed by atoms with Crippen LogP contribution in [0.25, 0.3) is 11.3 Å². The molecule has 25 heavy (non-hydrogen) atoms. The number of aromatic nitrogens is 1. The van der Waals surface area contributed by atoms with E-state index in [0.29, 0.717) is 5.56 Å². The van der Waals surface area contributed by atoms with Crippen LogP contribution in [-0.2, 0) is 0 Å². The number of benzene rings is 1. The van der Waals surface area contributed by atoms with Gasteiger partial charge in [-0.3, -0.25) is 4.79 Å². The number of carboxylic acid groups (broad SMARTS) is 1. The van der Waals surface area contributed by atoms with Crippen molar-refractivity contribution in [2.45, 2.75) is 26.3 Å². The lowest BCUT2D eigenvalue weighted by molar-refractivity contribution is 0.0889. The first-order valence-corrected chi connectivity index (χ1v) is 7.68. The molecule has 2 amide bonds. The van der Waals surface area contributed by atoms with Gasteiger partial charge < -0.3 is 19.7 Å². The van der Waals surface area contributed by atoms with Gasteiger partial charge in [0.05, 0.1) is 0 Å². The first-order chi connectivity index (χ1) is 11.7. The molecule has 134 valence electrons. The zero-order chi connectivity index (χ0) is 18.6. The molecule has 0 saturated carbocycles. The summed E-state index contributed by atoms with van der Waals surface area (Å²) in [4.78, 5) is 28.7. The quantitative estimate of drug-likeness (QED) is 0.865. The van der Waals surface area contributed by atoms with E-state index in [9.17, 15) is 19.1 Å². The molecule has 0 aliphatic heterocycles. The van der Waals surface area contributed by atoms with Crippen LogP contribution in [0.1, 0.15) is 31.3 Å². The number of oxazole rings is 1. The third-order valence-corrected chi connectivity index (χ3v) is 3.53. The van der Waals surface area contributed by atoms with E-state index >= 15 is 0 Å². The molecule has 0 aliphatic carbocycles. The fraction of sp³-hybridized carbons (Fsp3) is 0.353. The summed E-state index contributed by atoms with van der Waals surface area (Å²) < 4.78 is 18.6. The first-order valence-electron chi connectivity index (χ1n) is 7.68. The molecule has 0 radical (unpaired) electrons. The van der Waals surface area contributed by atoms with Crippen LogP contribution in [0.3, 0.4) is 0 Å². The number of rotatable bonds is 5. The van der Waals surface area contributed by atoms with Gasteiger partial charge in [0.15, 0.2) is 17.8 Å². The maximum atomic E-state index is 13.3. The molecule has 0 fully saturated rings. The second-order valence-corrected chi connectivity index (χ2v) is 6.40. The first kappa shape index (κ1) is 18.4. The molecule has 2 rings (SSSR count). The number of hydrogen-bond donors (Lipinski definition) is 2. The van der Waals surface area contributed by atoms with Gasteiger partial charge in [0.25, 0.3) is 5.91 Å². The lowest BCUT2D eigenvalue weighted by Crippen LogP contribution is -2.48. The second kappa shape index (κ2) is 7.33. The fourth-order valence-corrected chi connectivity index (χ4v) is 2.33. The third-order valence-electron chi connectivity index (χ3n) is 3.53. The molecule has 0 aliphatic rings. The number of carbonyl (C=O) groups is 2. The zero-order valence-electron chi connectivity index (χ0n) is 14.2. The monoisotopic (exact) mass is 349 g/mol. The van der Waals surface area contributed by atoms with Crippen LogP contribution in [-0.4, -0.2) is 45.6 Å². The molecule has 7 nitrogen and oxygen atoms in total. The van der Waals surface area contributed by atoms with E-state index in [-0.39, 0.29) is 24.5 Å². The summed E-state index contributed by atoms with van der Waals surface area (Å²) in [5, 5.41) is 11.8. The molecule has 8 heteroatoms. The van der Waals surface area contributed by atoms with Crippen molar-refractivity contribution in [3.05, 3.63) is 42.2 Å². The Bertz CT molecular complexity index is 767. The molecule has 0 atom stereocenters. The summed E-state index contributed by atoms with van der Waals surface area (Å²) in [6, 6.07) is 5.63. The zero-order valence-corrected chi connectivity index (χ0v) is 14.2. The summed E-state index contributed by atoms with van der Waals surface area (Å²) in [5.41, 5.74) is -0.176. The smallest absolute Gasteiger partial charge is 0.407 e. The Morgan fingerprint density at radius 2 is 2.08 bits per heavy atom. The van der Waals surface area contributed by atoms with Crippen molar-refractivity contribution in [1.29, 1.82) is 0 Å². The van der Waals surface area contributed by atoms with E-state index in [1.807, 2.05) is 0 Å². The molecule has 2 N–H and O–H groups in total. The molecule has 1 aromatic carbocycles. The normalized spacial score (nSPS) is 11.2. The topological polar surface area (TPSA) is 95.7 Å². The van der Waals surface area contributed by atoms with Gasteiger partial charge in [0.2, 0.25) is 0 Å². The number of amides is 2. The van der Waals surface area contributed by atoms with Gasteiger partial charge >= 0.3 is 6.09 Å². The van der Waals surface area contributed by atoms with Gasteiger partial charge in [-0.1, -0.05) is 12.1 Å². The Morgan fingerprint density at radius 1 is 1.36 bits per heavy atom. The van der Waals surface area contributed by atoms with Crippen LogP contribution < -0.4 is 5.32 Å². The molecule has 2 aromatic rings. The molecule has 0 saturated heterocycles. The molecule has 0 spiro atoms. The lowest BCUT2D eigenvalue weighted by Gasteiger charge is -2.33. The highest BCUT2D eigenvalue weighted by Gasteiger charge is 2.26. The highest BCUT2D eigenvalue weighted by Crippen LogP contribution is 2.23. The number of nitrogens with zero attached hydrogens (tertiary/aromatic N) is 2. The van der Waals surface area contributed by atoms with E-state index in [1.54, 1.807) is 26.8 Å². The predicted octanol–water partition coefficient (Wildman–Crippen LogP) is 2.99. The summed E-state index contributed by atoms with van der Waals surface area (Å²) in [5.74, 6) is -0.822. The Labute approximate surface area is 144 Å². The van der Waals surface area contributed by atoms with Gasteiger partial charge in [-0.15, -0.1) is 0 Å². The van der Waals surface area contributed by atoms with Crippen molar-refractivity contribution in [2.75, 3.05) is 13.1 Å². The molecular weight excluding hydrogens is 329 g/mol. The van der Waals surface area contributed by atoms with Crippen LogP contribution >= 0.6 is 0 Å². The van der Waals surface area contributed by atoms with Crippen LogP contribution in [0.5, 0.6) is 0 Å². The van der Waals surface area contributed by atoms with Gasteiger partial charge in [0.1, 0.15) is 5.82 Å². The van der Waals surface area contributed by atoms with Crippen molar-refractivity contribution < 1.29 is 23.5 Å². The predicted molar refractivity (Wildman–Crippen MR) is 88.7 cm³/mol. The number of halogens is 1. The average Bonchev–Trinajstić information content (AvgIpc) is 2.99. The Balaban J connectivity index is 2.06. The molecule has 0 unspecified atom stereocenters. The van der Waals surface area contributed by atoms with Crippen molar-refractivity contribution in [1.82, 2.24) is 15.2 Å². The van der Waals surface area contributed by atoms with E-state index < -0.39 is 23.4 Å². The van der Waals surface area contributed by atoms with E-state index in [2.05, 4.69) is 10.3 Å². The standard InChI is InChI=1S/C17H20FN3O4/c1-17(2,3)21(16(23)24)8-7-19-15(22)13-14(25-10-20-13)11-5-4-6-12(18)9-11/h4-6,9-10H,7-8H2,1-3H3,(H,19,22)(H,23,24). The van der Waals surface area contributed by atoms with E-state index in [0.717, 1.165) is 6.39 Å². The molecular formula is C17H20FN3O4. The maximum absolute atomic E-state index is 13.3. The molecule has 1 aromatic heterocycles. The summed E-state index contributed by atoms with van der Waals surface area (Å²) >= 11 is 0. The van der Waals surface area contributed by atoms with Crippen LogP contribution in [0, 0.1) is 5.82 Å². The summed E-state index contributed by atoms with van der Waals surface area (Å²) in [6.07, 6.45) is 0.0389. The van der Waals surface area contributed by atoms with Crippen molar-refractivity contribution in [2.24, 2.45) is 0 Å². The third kappa shape index (κ3) is 4.56. The largest absolute Gasteiger partial charge is 0.465 e. The van der Waals surface area contributed by atoms with Crippen LogP contribution in [0.2, 0.25) is 0 Å². The lowest BCUT2D eigenvalue weighted by atomic mass is 10.1. The minimum atomic E-state index is -1.07. The van der Waals surface area contributed by atoms with Gasteiger partial charge in [-0.05, 0) is 32.9 Å². The Kier molecular flexibility index (Phi) is 5.41. The average molecular weight is 349 g/mol. The van der Waals surface area contributed by atoms with Crippen molar-refractivity contribution in [3.63, 3.8) is 0 Å². The number of carbonyl (C=O) groups excluding carboxylic acids is 1. The van der Waals surface area contributed by atoms with E-state index in [1.165, 1.54) is 23.1 Å². The molecule has 1 heterocycles. The fourth-order valence-electron chi connectivity index (χ4n) is 2.33. The van der Waals surface area contributed by atoms with Gasteiger partial charge in [-0.2, -0.15) is 0 Å². The summed E-state index contributed by atoms with van der Waals surface area (Å²) in [6.45, 7) is 5.53. The highest BCUT2D eigenvalue weighted by molar-refractivity contribution is 5.97. The van der Waals surface area contributed by atoms with Gasteiger partial charge in [-0.25, -0.2) is 14.2 Å². The van der Waals surface area contributed by atoms with Crippen molar-refractivity contribution in [3.8, 4) is 11.3 Å². The SMILES string of the molecule is CC(C)(C)N(CCNC(=O)c1ncoc1-c1cccc(F)c1)C(=O)O. The maximum Gasteiger partial charge on any atom is 0.407 e. The van der Waals surface area contributed by atoms with Crippen LogP contribution in [0.15, 0.2) is 35.1 Å². The minimum Gasteiger partial charge on any atom is -0.465 e. The Hall–Kier alpha value is -2.90. The second-order valence-electron chi connectivity index (χ2n) is 6.40. The van der Waals surface area contributed by atoms with Gasteiger partial charge in [0, 0.05) is 24.2 Å². The van der Waals surface area contributed by atoms with E-state index in [4.69, 9.17) is 4.42 Å². The minimum absolute atomic E-state index is 0.0169. The number of nitrogens with one attached hydrogen (secondary N) is 1. The molecule has 0 bridgehead atoms.